The normalized spacial score (nSPS) is 14.8. The van der Waals surface area contributed by atoms with Crippen LogP contribution in [-0.2, 0) is 25.5 Å². The summed E-state index contributed by atoms with van der Waals surface area (Å²) in [5, 5.41) is 0. The highest BCUT2D eigenvalue weighted by molar-refractivity contribution is 7.92. The minimum Gasteiger partial charge on any atom is -0.278 e. The van der Waals surface area contributed by atoms with E-state index in [1.165, 1.54) is 0 Å². The van der Waals surface area contributed by atoms with E-state index in [1.54, 1.807) is 29.2 Å². The van der Waals surface area contributed by atoms with Crippen LogP contribution in [0.4, 0.5) is 11.4 Å². The van der Waals surface area contributed by atoms with Crippen molar-refractivity contribution in [1.29, 1.82) is 0 Å². The molecule has 0 unspecified atom stereocenters. The molecular weight excluding hydrogens is 526 g/mol. The van der Waals surface area contributed by atoms with Gasteiger partial charge in [-0.25, -0.2) is 8.42 Å². The quantitative estimate of drug-likeness (QED) is 0.235. The molecule has 4 nitrogen and oxygen atoms in total. The lowest BCUT2D eigenvalue weighted by Crippen LogP contribution is -2.40. The highest BCUT2D eigenvalue weighted by Crippen LogP contribution is 2.49. The number of fused-ring (bicyclic) bond motifs is 2. The van der Waals surface area contributed by atoms with Crippen LogP contribution in [0.25, 0.3) is 0 Å². The van der Waals surface area contributed by atoms with Crippen LogP contribution in [-0.4, -0.2) is 14.3 Å². The second-order valence-electron chi connectivity index (χ2n) is 12.7. The third-order valence-electron chi connectivity index (χ3n) is 9.08. The summed E-state index contributed by atoms with van der Waals surface area (Å²) in [5.41, 5.74) is 3.16. The molecular formula is C36H39NO3S. The van der Waals surface area contributed by atoms with E-state index in [9.17, 15) is 13.2 Å². The summed E-state index contributed by atoms with van der Waals surface area (Å²) in [6.45, 7) is 14.2. The topological polar surface area (TPSA) is 54.5 Å². The van der Waals surface area contributed by atoms with Crippen LogP contribution < -0.4 is 4.90 Å². The van der Waals surface area contributed by atoms with Crippen molar-refractivity contribution < 1.29 is 13.2 Å². The van der Waals surface area contributed by atoms with Gasteiger partial charge in [0.15, 0.2) is 0 Å². The lowest BCUT2D eigenvalue weighted by atomic mass is 9.78. The fourth-order valence-electron chi connectivity index (χ4n) is 5.57. The Morgan fingerprint density at radius 3 is 1.37 bits per heavy atom. The Morgan fingerprint density at radius 2 is 1.00 bits per heavy atom. The molecule has 41 heavy (non-hydrogen) atoms. The van der Waals surface area contributed by atoms with E-state index < -0.39 is 26.1 Å². The first kappa shape index (κ1) is 28.8. The first-order chi connectivity index (χ1) is 19.2. The van der Waals surface area contributed by atoms with E-state index in [4.69, 9.17) is 0 Å². The molecule has 0 fully saturated rings. The molecule has 5 heteroatoms. The number of amides is 1. The maximum absolute atomic E-state index is 14.5. The molecule has 1 amide bonds. The number of nitrogens with zero attached hydrogens (tertiary/aromatic N) is 1. The monoisotopic (exact) mass is 565 g/mol. The van der Waals surface area contributed by atoms with Crippen molar-refractivity contribution in [1.82, 2.24) is 0 Å². The second-order valence-corrected chi connectivity index (χ2v) is 14.6. The minimum atomic E-state index is -3.94. The van der Waals surface area contributed by atoms with Crippen LogP contribution in [0.15, 0.2) is 107 Å². The molecule has 4 aromatic carbocycles. The van der Waals surface area contributed by atoms with E-state index in [0.717, 1.165) is 22.3 Å². The number of carbonyl (C=O) groups is 1. The predicted octanol–water partition coefficient (Wildman–Crippen LogP) is 8.59. The van der Waals surface area contributed by atoms with Gasteiger partial charge in [0, 0.05) is 16.2 Å². The van der Waals surface area contributed by atoms with Crippen molar-refractivity contribution >= 4 is 27.1 Å². The third-order valence-corrected chi connectivity index (χ3v) is 10.9. The van der Waals surface area contributed by atoms with Crippen LogP contribution in [0.5, 0.6) is 0 Å². The minimum absolute atomic E-state index is 0.123. The smallest absolute Gasteiger partial charge is 0.237 e. The van der Waals surface area contributed by atoms with Crippen molar-refractivity contribution in [2.75, 3.05) is 4.90 Å². The van der Waals surface area contributed by atoms with Gasteiger partial charge in [-0.05, 0) is 52.9 Å². The molecule has 1 heterocycles. The Labute approximate surface area is 245 Å². The van der Waals surface area contributed by atoms with Crippen LogP contribution in [0.2, 0.25) is 0 Å². The average Bonchev–Trinajstić information content (AvgIpc) is 2.97. The number of rotatable bonds is 6. The molecule has 1 aliphatic rings. The van der Waals surface area contributed by atoms with Gasteiger partial charge >= 0.3 is 0 Å². The van der Waals surface area contributed by atoms with Gasteiger partial charge in [0.1, 0.15) is 0 Å². The number of hydrogen-bond acceptors (Lipinski definition) is 3. The van der Waals surface area contributed by atoms with Gasteiger partial charge in [-0.3, -0.25) is 9.69 Å². The van der Waals surface area contributed by atoms with Crippen LogP contribution in [0.3, 0.4) is 0 Å². The predicted molar refractivity (Wildman–Crippen MR) is 167 cm³/mol. The molecule has 0 aromatic heterocycles. The highest BCUT2D eigenvalue weighted by Gasteiger charge is 2.42. The molecule has 5 rings (SSSR count). The van der Waals surface area contributed by atoms with E-state index in [1.807, 2.05) is 69.3 Å². The number of benzene rings is 4. The molecule has 0 saturated heterocycles. The van der Waals surface area contributed by atoms with Gasteiger partial charge in [-0.15, -0.1) is 0 Å². The Bertz CT molecular complexity index is 1610. The van der Waals surface area contributed by atoms with Crippen molar-refractivity contribution in [3.05, 3.63) is 119 Å². The van der Waals surface area contributed by atoms with E-state index >= 15 is 0 Å². The number of sulfone groups is 1. The molecule has 0 atom stereocenters. The van der Waals surface area contributed by atoms with Crippen molar-refractivity contribution in [3.8, 4) is 0 Å². The highest BCUT2D eigenvalue weighted by atomic mass is 32.2. The fraction of sp³-hybridized carbons (Fsp3) is 0.306. The van der Waals surface area contributed by atoms with Crippen molar-refractivity contribution in [2.24, 2.45) is 5.41 Å². The summed E-state index contributed by atoms with van der Waals surface area (Å²) >= 11 is 0. The fourth-order valence-corrected chi connectivity index (χ4v) is 7.24. The summed E-state index contributed by atoms with van der Waals surface area (Å²) in [7, 11) is -3.94. The molecule has 0 bridgehead atoms. The Hall–Kier alpha value is -3.70. The number of hydrogen-bond donors (Lipinski definition) is 0. The molecule has 1 aliphatic heterocycles. The Balaban J connectivity index is 1.75. The van der Waals surface area contributed by atoms with Gasteiger partial charge in [0.2, 0.25) is 15.7 Å². The molecule has 212 valence electrons. The standard InChI is InChI=1S/C36H39NO3S/c1-8-34(2,3)33(38)37-29-21-19-27(35(4,5)25-15-11-9-12-16-25)23-31(29)41(39,40)32-24-28(20-22-30(32)37)36(6,7)26-17-13-10-14-18-26/h9-24H,8H2,1-7H3. The number of anilines is 2. The van der Waals surface area contributed by atoms with Gasteiger partial charge < -0.3 is 0 Å². The summed E-state index contributed by atoms with van der Waals surface area (Å²) < 4.78 is 29.0. The van der Waals surface area contributed by atoms with Crippen molar-refractivity contribution in [2.45, 2.75) is 75.5 Å². The summed E-state index contributed by atoms with van der Waals surface area (Å²) in [6.07, 6.45) is 0.623. The van der Waals surface area contributed by atoms with Gasteiger partial charge in [-0.2, -0.15) is 0 Å². The van der Waals surface area contributed by atoms with E-state index in [-0.39, 0.29) is 15.7 Å². The third kappa shape index (κ3) is 4.70. The van der Waals surface area contributed by atoms with Gasteiger partial charge in [-0.1, -0.05) is 121 Å². The zero-order valence-corrected chi connectivity index (χ0v) is 25.8. The zero-order valence-electron chi connectivity index (χ0n) is 25.0. The zero-order chi connectivity index (χ0) is 29.8. The molecule has 0 aliphatic carbocycles. The SMILES string of the molecule is CCC(C)(C)C(=O)N1c2ccc(C(C)(C)c3ccccc3)cc2S(=O)(=O)c2cc(C(C)(C)c3ccccc3)ccc21. The van der Waals surface area contributed by atoms with Crippen LogP contribution in [0, 0.1) is 5.41 Å². The maximum atomic E-state index is 14.5. The lowest BCUT2D eigenvalue weighted by Gasteiger charge is -2.38. The number of carbonyl (C=O) groups excluding carboxylic acids is 1. The van der Waals surface area contributed by atoms with Gasteiger partial charge in [0.25, 0.3) is 0 Å². The molecule has 0 N–H and O–H groups in total. The van der Waals surface area contributed by atoms with Gasteiger partial charge in [0.05, 0.1) is 21.2 Å². The summed E-state index contributed by atoms with van der Waals surface area (Å²) in [6, 6.07) is 31.2. The lowest BCUT2D eigenvalue weighted by molar-refractivity contribution is -0.126. The molecule has 4 aromatic rings. The van der Waals surface area contributed by atoms with Crippen LogP contribution in [0.1, 0.15) is 77.1 Å². The first-order valence-electron chi connectivity index (χ1n) is 14.2. The van der Waals surface area contributed by atoms with E-state index in [0.29, 0.717) is 17.8 Å². The maximum Gasteiger partial charge on any atom is 0.237 e. The molecule has 0 saturated carbocycles. The first-order valence-corrected chi connectivity index (χ1v) is 15.7. The van der Waals surface area contributed by atoms with E-state index in [2.05, 4.69) is 52.0 Å². The average molecular weight is 566 g/mol. The van der Waals surface area contributed by atoms with Crippen LogP contribution >= 0.6 is 0 Å². The largest absolute Gasteiger partial charge is 0.278 e. The second kappa shape index (κ2) is 9.99. The Kier molecular flexibility index (Phi) is 7.02. The Morgan fingerprint density at radius 1 is 0.610 bits per heavy atom. The summed E-state index contributed by atoms with van der Waals surface area (Å²) in [5.74, 6) is -0.123. The molecule has 0 radical (unpaired) electrons. The summed E-state index contributed by atoms with van der Waals surface area (Å²) in [4.78, 5) is 16.1. The van der Waals surface area contributed by atoms with Crippen molar-refractivity contribution in [3.63, 3.8) is 0 Å². The molecule has 0 spiro atoms.